The highest BCUT2D eigenvalue weighted by atomic mass is 35.5. The van der Waals surface area contributed by atoms with Crippen LogP contribution in [-0.2, 0) is 26.2 Å². The normalized spacial score (nSPS) is 24.1. The first-order valence-electron chi connectivity index (χ1n) is 7.70. The van der Waals surface area contributed by atoms with Crippen LogP contribution in [0.4, 0.5) is 0 Å². The highest BCUT2D eigenvalue weighted by molar-refractivity contribution is 6.30. The van der Waals surface area contributed by atoms with E-state index in [1.165, 1.54) is 5.56 Å². The van der Waals surface area contributed by atoms with E-state index >= 15 is 0 Å². The van der Waals surface area contributed by atoms with Crippen LogP contribution in [0.15, 0.2) is 43.0 Å². The second-order valence-electron chi connectivity index (χ2n) is 5.78. The number of rotatable bonds is 7. The van der Waals surface area contributed by atoms with E-state index in [1.54, 1.807) is 12.5 Å². The standard InChI is InChI=1S/C16H18ClN2O3.Al.2H/c17-14-3-1-13(2-4-14)5-6-16(11-19-8-7-18-12-19)21-10-15(9-20)22-16;;;/h1-4,7-8,12,15H,5-6,9-11H2;;;/q-1;+1;;/t15-,16-;;;/m1.../s1. The van der Waals surface area contributed by atoms with Crippen molar-refractivity contribution < 1.29 is 13.3 Å². The third-order valence-corrected chi connectivity index (χ3v) is 4.54. The van der Waals surface area contributed by atoms with Gasteiger partial charge in [0.05, 0.1) is 19.5 Å². The summed E-state index contributed by atoms with van der Waals surface area (Å²) in [5.74, 6) is -0.634. The van der Waals surface area contributed by atoms with Gasteiger partial charge in [0.2, 0.25) is 0 Å². The maximum Gasteiger partial charge on any atom is 0.410 e. The van der Waals surface area contributed by atoms with Crippen LogP contribution >= 0.6 is 11.6 Å². The number of hydrogen-bond acceptors (Lipinski definition) is 4. The molecule has 2 aromatic rings. The molecule has 0 unspecified atom stereocenters. The Bertz CT molecular complexity index is 608. The van der Waals surface area contributed by atoms with E-state index in [-0.39, 0.29) is 6.10 Å². The zero-order chi connectivity index (χ0) is 16.1. The SMILES string of the molecule is [AlH2][O]C[C@@H]1CO[C@@](CCc2ccc(Cl)cc2)(Cn2ccnc2)O1. The van der Waals surface area contributed by atoms with Crippen molar-refractivity contribution in [1.29, 1.82) is 0 Å². The number of nitrogens with zero attached hydrogens (tertiary/aromatic N) is 2. The molecule has 1 saturated heterocycles. The van der Waals surface area contributed by atoms with Gasteiger partial charge in [-0.15, -0.1) is 0 Å². The van der Waals surface area contributed by atoms with Crippen LogP contribution < -0.4 is 0 Å². The third kappa shape index (κ3) is 4.57. The van der Waals surface area contributed by atoms with Gasteiger partial charge in [-0.25, -0.2) is 4.98 Å². The maximum atomic E-state index is 6.21. The molecule has 2 atom stereocenters. The molecule has 1 aliphatic rings. The molecule has 1 aromatic heterocycles. The molecule has 0 spiro atoms. The van der Waals surface area contributed by atoms with Crippen molar-refractivity contribution in [2.75, 3.05) is 13.2 Å². The Balaban J connectivity index is 1.69. The number of ether oxygens (including phenoxy) is 2. The summed E-state index contributed by atoms with van der Waals surface area (Å²) in [5.41, 5.74) is 1.22. The van der Waals surface area contributed by atoms with E-state index in [4.69, 9.17) is 24.9 Å². The second-order valence-corrected chi connectivity index (χ2v) is 6.79. The number of aryl methyl sites for hydroxylation is 1. The Kier molecular flexibility index (Phi) is 5.76. The summed E-state index contributed by atoms with van der Waals surface area (Å²) in [7, 11) is 0. The fourth-order valence-corrected chi connectivity index (χ4v) is 3.32. The molecule has 0 amide bonds. The Morgan fingerprint density at radius 3 is 2.91 bits per heavy atom. The van der Waals surface area contributed by atoms with Crippen molar-refractivity contribution in [2.45, 2.75) is 31.3 Å². The fourth-order valence-electron chi connectivity index (χ4n) is 2.82. The lowest BCUT2D eigenvalue weighted by atomic mass is 10.0. The van der Waals surface area contributed by atoms with Crippen molar-refractivity contribution in [3.8, 4) is 0 Å². The number of hydrogen-bond donors (Lipinski definition) is 0. The molecule has 23 heavy (non-hydrogen) atoms. The van der Waals surface area contributed by atoms with Gasteiger partial charge in [0.25, 0.3) is 0 Å². The van der Waals surface area contributed by atoms with Gasteiger partial charge >= 0.3 is 16.6 Å². The molecule has 1 aliphatic heterocycles. The molecule has 1 aromatic carbocycles. The van der Waals surface area contributed by atoms with Gasteiger partial charge in [-0.2, -0.15) is 0 Å². The van der Waals surface area contributed by atoms with Gasteiger partial charge < -0.3 is 17.8 Å². The van der Waals surface area contributed by atoms with E-state index in [1.807, 2.05) is 35.0 Å². The molecule has 3 rings (SSSR count). The molecule has 122 valence electrons. The van der Waals surface area contributed by atoms with E-state index in [0.717, 1.165) is 17.9 Å². The number of halogens is 1. The zero-order valence-electron chi connectivity index (χ0n) is 13.2. The minimum Gasteiger partial charge on any atom is -0.504 e. The minimum atomic E-state index is -0.634. The summed E-state index contributed by atoms with van der Waals surface area (Å²) in [6, 6.07) is 7.91. The first-order valence-corrected chi connectivity index (χ1v) is 8.89. The van der Waals surface area contributed by atoms with Crippen LogP contribution in [0.2, 0.25) is 5.02 Å². The molecule has 0 saturated carbocycles. The first-order chi connectivity index (χ1) is 11.2. The van der Waals surface area contributed by atoms with Gasteiger partial charge in [-0.3, -0.25) is 0 Å². The van der Waals surface area contributed by atoms with Crippen molar-refractivity contribution in [2.24, 2.45) is 0 Å². The molecule has 1 fully saturated rings. The Labute approximate surface area is 149 Å². The Morgan fingerprint density at radius 2 is 2.22 bits per heavy atom. The van der Waals surface area contributed by atoms with Gasteiger partial charge in [-0.1, -0.05) is 23.7 Å². The van der Waals surface area contributed by atoms with Crippen molar-refractivity contribution in [1.82, 2.24) is 9.55 Å². The monoisotopic (exact) mass is 350 g/mol. The molecular weight excluding hydrogens is 331 g/mol. The summed E-state index contributed by atoms with van der Waals surface area (Å²) >= 11 is 6.65. The van der Waals surface area contributed by atoms with Crippen molar-refractivity contribution >= 4 is 28.2 Å². The summed E-state index contributed by atoms with van der Waals surface area (Å²) in [6.45, 7) is 1.79. The van der Waals surface area contributed by atoms with Crippen LogP contribution in [0.3, 0.4) is 0 Å². The first kappa shape index (κ1) is 17.0. The van der Waals surface area contributed by atoms with E-state index in [2.05, 4.69) is 4.98 Å². The molecule has 5 nitrogen and oxygen atoms in total. The number of imidazole rings is 1. The molecule has 7 heteroatoms. The smallest absolute Gasteiger partial charge is 0.410 e. The lowest BCUT2D eigenvalue weighted by Crippen LogP contribution is -2.37. The average molecular weight is 351 g/mol. The van der Waals surface area contributed by atoms with Gasteiger partial charge in [0, 0.05) is 30.4 Å². The third-order valence-electron chi connectivity index (χ3n) is 3.96. The summed E-state index contributed by atoms with van der Waals surface area (Å²) in [5, 5.41) is 0.750. The van der Waals surface area contributed by atoms with Crippen LogP contribution in [0, 0.1) is 0 Å². The molecule has 0 radical (unpaired) electrons. The average Bonchev–Trinajstić information content (AvgIpc) is 3.18. The highest BCUT2D eigenvalue weighted by Gasteiger charge is 2.41. The molecule has 0 bridgehead atoms. The van der Waals surface area contributed by atoms with E-state index < -0.39 is 5.79 Å². The van der Waals surface area contributed by atoms with Crippen LogP contribution in [0.5, 0.6) is 0 Å². The molecule has 2 heterocycles. The van der Waals surface area contributed by atoms with E-state index in [9.17, 15) is 0 Å². The number of benzene rings is 1. The van der Waals surface area contributed by atoms with Gasteiger partial charge in [0.15, 0.2) is 5.79 Å². The van der Waals surface area contributed by atoms with Crippen LogP contribution in [-0.4, -0.2) is 51.3 Å². The predicted molar refractivity (Wildman–Crippen MR) is 90.1 cm³/mol. The quantitative estimate of drug-likeness (QED) is 0.715. The van der Waals surface area contributed by atoms with Crippen LogP contribution in [0.25, 0.3) is 0 Å². The van der Waals surface area contributed by atoms with Crippen LogP contribution in [0.1, 0.15) is 12.0 Å². The van der Waals surface area contributed by atoms with Crippen molar-refractivity contribution in [3.63, 3.8) is 0 Å². The second kappa shape index (κ2) is 7.80. The van der Waals surface area contributed by atoms with Gasteiger partial charge in [-0.05, 0) is 24.1 Å². The molecule has 0 N–H and O–H groups in total. The lowest BCUT2D eigenvalue weighted by molar-refractivity contribution is -0.184. The zero-order valence-corrected chi connectivity index (χ0v) is 15.9. The Hall–Kier alpha value is -0.868. The summed E-state index contributed by atoms with van der Waals surface area (Å²) in [4.78, 5) is 4.10. The Morgan fingerprint density at radius 1 is 1.39 bits per heavy atom. The predicted octanol–water partition coefficient (Wildman–Crippen LogP) is 1.85. The fraction of sp³-hybridized carbons (Fsp3) is 0.438. The minimum absolute atomic E-state index is 0.00115. The highest BCUT2D eigenvalue weighted by Crippen LogP contribution is 2.31. The number of aromatic nitrogens is 2. The molecular formula is C16H20AlClN2O3. The topological polar surface area (TPSA) is 45.5 Å². The largest absolute Gasteiger partial charge is 0.504 e. The van der Waals surface area contributed by atoms with Crippen molar-refractivity contribution in [3.05, 3.63) is 53.6 Å². The summed E-state index contributed by atoms with van der Waals surface area (Å²) in [6.07, 6.45) is 7.10. The maximum absolute atomic E-state index is 6.21. The lowest BCUT2D eigenvalue weighted by Gasteiger charge is -2.28. The van der Waals surface area contributed by atoms with Gasteiger partial charge in [0.1, 0.15) is 6.10 Å². The van der Waals surface area contributed by atoms with E-state index in [0.29, 0.717) is 36.4 Å². The summed E-state index contributed by atoms with van der Waals surface area (Å²) < 4.78 is 19.6. The molecule has 0 aliphatic carbocycles.